The Bertz CT molecular complexity index is 922. The third-order valence-corrected chi connectivity index (χ3v) is 4.61. The van der Waals surface area contributed by atoms with Crippen LogP contribution < -0.4 is 15.6 Å². The predicted octanol–water partition coefficient (Wildman–Crippen LogP) is 2.15. The van der Waals surface area contributed by atoms with Crippen molar-refractivity contribution in [3.05, 3.63) is 52.2 Å². The molecule has 2 amide bonds. The number of halogens is 1. The van der Waals surface area contributed by atoms with Gasteiger partial charge in [0.25, 0.3) is 11.8 Å². The molecule has 10 heteroatoms. The first-order valence-corrected chi connectivity index (χ1v) is 9.10. The Morgan fingerprint density at radius 3 is 2.73 bits per heavy atom. The summed E-state index contributed by atoms with van der Waals surface area (Å²) < 4.78 is 7.89. The third-order valence-electron chi connectivity index (χ3n) is 3.19. The van der Waals surface area contributed by atoms with Crippen LogP contribution >= 0.6 is 27.3 Å². The topological polar surface area (TPSA) is 98.1 Å². The van der Waals surface area contributed by atoms with Gasteiger partial charge < -0.3 is 4.74 Å². The van der Waals surface area contributed by atoms with Gasteiger partial charge in [0.2, 0.25) is 0 Å². The van der Waals surface area contributed by atoms with Crippen molar-refractivity contribution in [2.75, 3.05) is 6.61 Å². The van der Waals surface area contributed by atoms with E-state index >= 15 is 0 Å². The summed E-state index contributed by atoms with van der Waals surface area (Å²) in [5.74, 6) is -0.437. The van der Waals surface area contributed by atoms with Crippen LogP contribution in [0.5, 0.6) is 5.75 Å². The molecule has 0 spiro atoms. The van der Waals surface area contributed by atoms with E-state index in [1.54, 1.807) is 47.6 Å². The lowest BCUT2D eigenvalue weighted by Gasteiger charge is -2.08. The van der Waals surface area contributed by atoms with Gasteiger partial charge in [-0.2, -0.15) is 5.10 Å². The van der Waals surface area contributed by atoms with Crippen LogP contribution in [-0.2, 0) is 11.8 Å². The van der Waals surface area contributed by atoms with E-state index in [9.17, 15) is 9.59 Å². The van der Waals surface area contributed by atoms with Crippen molar-refractivity contribution < 1.29 is 14.3 Å². The molecule has 3 aromatic rings. The molecule has 134 valence electrons. The molecule has 0 saturated heterocycles. The van der Waals surface area contributed by atoms with Crippen molar-refractivity contribution in [2.45, 2.75) is 0 Å². The highest BCUT2D eigenvalue weighted by Gasteiger charge is 2.13. The highest BCUT2D eigenvalue weighted by molar-refractivity contribution is 9.10. The van der Waals surface area contributed by atoms with Gasteiger partial charge >= 0.3 is 0 Å². The fourth-order valence-corrected chi connectivity index (χ4v) is 2.99. The maximum absolute atomic E-state index is 12.1. The van der Waals surface area contributed by atoms with Crippen LogP contribution in [0.4, 0.5) is 0 Å². The highest BCUT2D eigenvalue weighted by Crippen LogP contribution is 2.22. The molecule has 0 saturated carbocycles. The van der Waals surface area contributed by atoms with Crippen molar-refractivity contribution in [1.29, 1.82) is 0 Å². The molecule has 8 nitrogen and oxygen atoms in total. The molecule has 0 unspecified atom stereocenters. The first kappa shape index (κ1) is 18.1. The molecule has 0 bridgehead atoms. The lowest BCUT2D eigenvalue weighted by molar-refractivity contribution is -0.123. The van der Waals surface area contributed by atoms with Crippen LogP contribution in [0.3, 0.4) is 0 Å². The average molecular weight is 436 g/mol. The van der Waals surface area contributed by atoms with Gasteiger partial charge in [-0.1, -0.05) is 15.9 Å². The Labute approximate surface area is 161 Å². The van der Waals surface area contributed by atoms with Crippen LogP contribution in [0, 0.1) is 0 Å². The number of ether oxygens (including phenoxy) is 1. The molecular weight excluding hydrogens is 422 g/mol. The zero-order chi connectivity index (χ0) is 18.5. The monoisotopic (exact) mass is 435 g/mol. The number of carbonyl (C=O) groups excluding carboxylic acids is 2. The standard InChI is InChI=1S/C16H14BrN5O3S/c1-22-7-10(6-18-22)16-19-13(9-26-16)15(24)21-20-14(23)8-25-12-4-2-11(17)3-5-12/h2-7,9H,8H2,1H3,(H,20,23)(H,21,24). The minimum absolute atomic E-state index is 0.211. The van der Waals surface area contributed by atoms with Crippen LogP contribution in [0.25, 0.3) is 10.6 Å². The first-order valence-electron chi connectivity index (χ1n) is 7.43. The normalized spacial score (nSPS) is 10.4. The van der Waals surface area contributed by atoms with Crippen LogP contribution in [0.1, 0.15) is 10.5 Å². The number of benzene rings is 1. The number of hydrogen-bond acceptors (Lipinski definition) is 6. The largest absolute Gasteiger partial charge is 0.484 e. The summed E-state index contributed by atoms with van der Waals surface area (Å²) in [6.45, 7) is -0.222. The number of nitrogens with zero attached hydrogens (tertiary/aromatic N) is 3. The van der Waals surface area contributed by atoms with Gasteiger partial charge in [-0.15, -0.1) is 11.3 Å². The smallest absolute Gasteiger partial charge is 0.289 e. The minimum atomic E-state index is -0.506. The molecule has 0 aliphatic carbocycles. The van der Waals surface area contributed by atoms with E-state index in [0.29, 0.717) is 10.8 Å². The summed E-state index contributed by atoms with van der Waals surface area (Å²) in [6.07, 6.45) is 3.48. The molecule has 0 fully saturated rings. The predicted molar refractivity (Wildman–Crippen MR) is 99.6 cm³/mol. The van der Waals surface area contributed by atoms with E-state index in [1.807, 2.05) is 6.20 Å². The van der Waals surface area contributed by atoms with Crippen LogP contribution in [-0.4, -0.2) is 33.2 Å². The van der Waals surface area contributed by atoms with Gasteiger partial charge in [-0.05, 0) is 24.3 Å². The molecule has 26 heavy (non-hydrogen) atoms. The zero-order valence-corrected chi connectivity index (χ0v) is 16.0. The van der Waals surface area contributed by atoms with Crippen LogP contribution in [0.15, 0.2) is 46.5 Å². The summed E-state index contributed by atoms with van der Waals surface area (Å²) >= 11 is 4.63. The van der Waals surface area contributed by atoms with Crippen molar-refractivity contribution in [1.82, 2.24) is 25.6 Å². The zero-order valence-electron chi connectivity index (χ0n) is 13.6. The van der Waals surface area contributed by atoms with E-state index in [2.05, 4.69) is 36.9 Å². The molecular formula is C16H14BrN5O3S. The van der Waals surface area contributed by atoms with E-state index in [4.69, 9.17) is 4.74 Å². The van der Waals surface area contributed by atoms with Gasteiger partial charge in [0.15, 0.2) is 6.61 Å². The Morgan fingerprint density at radius 2 is 2.04 bits per heavy atom. The fraction of sp³-hybridized carbons (Fsp3) is 0.125. The third kappa shape index (κ3) is 4.67. The highest BCUT2D eigenvalue weighted by atomic mass is 79.9. The van der Waals surface area contributed by atoms with Crippen molar-refractivity contribution in [3.8, 4) is 16.3 Å². The molecule has 0 aliphatic rings. The summed E-state index contributed by atoms with van der Waals surface area (Å²) in [5, 5.41) is 6.35. The number of amides is 2. The quantitative estimate of drug-likeness (QED) is 0.598. The van der Waals surface area contributed by atoms with Gasteiger partial charge in [0.1, 0.15) is 16.5 Å². The van der Waals surface area contributed by atoms with E-state index in [1.165, 1.54) is 11.3 Å². The van der Waals surface area contributed by atoms with Gasteiger partial charge in [-0.25, -0.2) is 4.98 Å². The van der Waals surface area contributed by atoms with Gasteiger partial charge in [0.05, 0.1) is 6.20 Å². The summed E-state index contributed by atoms with van der Waals surface area (Å²) in [5.41, 5.74) is 5.64. The van der Waals surface area contributed by atoms with Crippen LogP contribution in [0.2, 0.25) is 0 Å². The van der Waals surface area contributed by atoms with E-state index < -0.39 is 11.8 Å². The maximum Gasteiger partial charge on any atom is 0.289 e. The number of hydrogen-bond donors (Lipinski definition) is 2. The lowest BCUT2D eigenvalue weighted by Crippen LogP contribution is -2.43. The second-order valence-electron chi connectivity index (χ2n) is 5.19. The second-order valence-corrected chi connectivity index (χ2v) is 6.96. The number of carbonyl (C=O) groups is 2. The molecule has 3 rings (SSSR count). The fourth-order valence-electron chi connectivity index (χ4n) is 1.95. The van der Waals surface area contributed by atoms with E-state index in [-0.39, 0.29) is 12.3 Å². The molecule has 0 radical (unpaired) electrons. The average Bonchev–Trinajstić information content (AvgIpc) is 3.28. The summed E-state index contributed by atoms with van der Waals surface area (Å²) in [6, 6.07) is 7.06. The molecule has 1 aromatic carbocycles. The number of thiazole rings is 1. The number of hydrazine groups is 1. The SMILES string of the molecule is Cn1cc(-c2nc(C(=O)NNC(=O)COc3ccc(Br)cc3)cs2)cn1. The Kier molecular flexibility index (Phi) is 5.64. The maximum atomic E-state index is 12.1. The number of aryl methyl sites for hydroxylation is 1. The minimum Gasteiger partial charge on any atom is -0.484 e. The lowest BCUT2D eigenvalue weighted by atomic mass is 10.3. The summed E-state index contributed by atoms with van der Waals surface area (Å²) in [4.78, 5) is 28.1. The number of nitrogens with one attached hydrogen (secondary N) is 2. The number of rotatable bonds is 5. The summed E-state index contributed by atoms with van der Waals surface area (Å²) in [7, 11) is 1.80. The van der Waals surface area contributed by atoms with Gasteiger partial charge in [0, 0.05) is 28.7 Å². The Morgan fingerprint density at radius 1 is 1.27 bits per heavy atom. The Balaban J connectivity index is 1.48. The van der Waals surface area contributed by atoms with Crippen molar-refractivity contribution >= 4 is 39.1 Å². The van der Waals surface area contributed by atoms with Gasteiger partial charge in [-0.3, -0.25) is 25.1 Å². The molecule has 0 atom stereocenters. The van der Waals surface area contributed by atoms with Crippen molar-refractivity contribution in [3.63, 3.8) is 0 Å². The molecule has 2 heterocycles. The molecule has 0 aliphatic heterocycles. The second kappa shape index (κ2) is 8.11. The molecule has 2 N–H and O–H groups in total. The first-order chi connectivity index (χ1) is 12.5. The molecule has 2 aromatic heterocycles. The Hall–Kier alpha value is -2.72. The van der Waals surface area contributed by atoms with Crippen molar-refractivity contribution in [2.24, 2.45) is 7.05 Å². The number of aromatic nitrogens is 3. The van der Waals surface area contributed by atoms with E-state index in [0.717, 1.165) is 10.0 Å².